The van der Waals surface area contributed by atoms with Gasteiger partial charge in [-0.15, -0.1) is 0 Å². The van der Waals surface area contributed by atoms with Gasteiger partial charge in [0.25, 0.3) is 5.69 Å². The lowest BCUT2D eigenvalue weighted by Crippen LogP contribution is -3.13. The average Bonchev–Trinajstić information content (AvgIpc) is 2.58. The van der Waals surface area contributed by atoms with Crippen molar-refractivity contribution in [3.8, 4) is 0 Å². The Hall–Kier alpha value is -2.40. The highest BCUT2D eigenvalue weighted by Gasteiger charge is 2.21. The van der Waals surface area contributed by atoms with E-state index in [1.54, 1.807) is 17.0 Å². The average molecular weight is 312 g/mol. The third-order valence-corrected chi connectivity index (χ3v) is 4.60. The Labute approximate surface area is 136 Å². The van der Waals surface area contributed by atoms with Gasteiger partial charge in [-0.25, -0.2) is 0 Å². The van der Waals surface area contributed by atoms with E-state index in [-0.39, 0.29) is 10.6 Å². The molecule has 0 radical (unpaired) electrons. The van der Waals surface area contributed by atoms with E-state index in [1.807, 2.05) is 12.1 Å². The van der Waals surface area contributed by atoms with Gasteiger partial charge in [0.2, 0.25) is 0 Å². The predicted molar refractivity (Wildman–Crippen MR) is 90.9 cm³/mol. The fourth-order valence-electron chi connectivity index (χ4n) is 3.12. The zero-order valence-corrected chi connectivity index (χ0v) is 13.4. The summed E-state index contributed by atoms with van der Waals surface area (Å²) in [6, 6.07) is 15.4. The minimum absolute atomic E-state index is 0.151. The van der Waals surface area contributed by atoms with Crippen molar-refractivity contribution < 1.29 is 9.82 Å². The first-order chi connectivity index (χ1) is 11.1. The molecule has 0 aliphatic carbocycles. The van der Waals surface area contributed by atoms with Crippen molar-refractivity contribution >= 4 is 11.4 Å². The molecule has 1 fully saturated rings. The monoisotopic (exact) mass is 312 g/mol. The third kappa shape index (κ3) is 3.68. The van der Waals surface area contributed by atoms with Crippen molar-refractivity contribution in [3.63, 3.8) is 0 Å². The Morgan fingerprint density at radius 3 is 2.35 bits per heavy atom. The lowest BCUT2D eigenvalue weighted by Gasteiger charge is -2.33. The summed E-state index contributed by atoms with van der Waals surface area (Å²) in [5.74, 6) is 0. The van der Waals surface area contributed by atoms with Crippen LogP contribution in [0.1, 0.15) is 11.1 Å². The van der Waals surface area contributed by atoms with E-state index >= 15 is 0 Å². The molecule has 0 spiro atoms. The molecule has 2 aromatic rings. The second-order valence-corrected chi connectivity index (χ2v) is 6.11. The van der Waals surface area contributed by atoms with Crippen LogP contribution in [0.25, 0.3) is 0 Å². The van der Waals surface area contributed by atoms with E-state index in [1.165, 1.54) is 11.1 Å². The van der Waals surface area contributed by atoms with Crippen LogP contribution in [0.15, 0.2) is 48.5 Å². The van der Waals surface area contributed by atoms with Crippen LogP contribution in [-0.4, -0.2) is 31.1 Å². The molecular formula is C18H22N3O2+. The van der Waals surface area contributed by atoms with Gasteiger partial charge in [-0.2, -0.15) is 0 Å². The van der Waals surface area contributed by atoms with Gasteiger partial charge in [0.05, 0.1) is 31.1 Å². The molecule has 23 heavy (non-hydrogen) atoms. The van der Waals surface area contributed by atoms with Gasteiger partial charge in [0.1, 0.15) is 6.54 Å². The zero-order valence-electron chi connectivity index (χ0n) is 13.4. The van der Waals surface area contributed by atoms with Crippen molar-refractivity contribution in [2.45, 2.75) is 13.5 Å². The smallest absolute Gasteiger partial charge is 0.269 e. The number of piperazine rings is 1. The number of nitrogens with one attached hydrogen (secondary N) is 1. The summed E-state index contributed by atoms with van der Waals surface area (Å²) >= 11 is 0. The summed E-state index contributed by atoms with van der Waals surface area (Å²) in [4.78, 5) is 14.3. The molecule has 1 N–H and O–H groups in total. The van der Waals surface area contributed by atoms with Gasteiger partial charge in [-0.1, -0.05) is 24.3 Å². The fraction of sp³-hybridized carbons (Fsp3) is 0.333. The molecule has 1 heterocycles. The summed E-state index contributed by atoms with van der Waals surface area (Å²) < 4.78 is 0. The summed E-state index contributed by atoms with van der Waals surface area (Å²) in [5, 5.41) is 10.7. The number of nitro groups is 1. The second kappa shape index (κ2) is 6.79. The van der Waals surface area contributed by atoms with Gasteiger partial charge in [-0.05, 0) is 24.6 Å². The van der Waals surface area contributed by atoms with Crippen LogP contribution >= 0.6 is 0 Å². The Morgan fingerprint density at radius 1 is 1.09 bits per heavy atom. The molecule has 0 bridgehead atoms. The van der Waals surface area contributed by atoms with Crippen LogP contribution in [-0.2, 0) is 6.54 Å². The highest BCUT2D eigenvalue weighted by atomic mass is 16.6. The number of hydrogen-bond donors (Lipinski definition) is 1. The number of hydrogen-bond acceptors (Lipinski definition) is 3. The van der Waals surface area contributed by atoms with Crippen LogP contribution in [0.5, 0.6) is 0 Å². The quantitative estimate of drug-likeness (QED) is 0.692. The first kappa shape index (κ1) is 15.5. The minimum atomic E-state index is -0.353. The summed E-state index contributed by atoms with van der Waals surface area (Å²) in [6.07, 6.45) is 0. The van der Waals surface area contributed by atoms with Crippen molar-refractivity contribution in [3.05, 3.63) is 69.8 Å². The minimum Gasteiger partial charge on any atom is -0.360 e. The van der Waals surface area contributed by atoms with Crippen LogP contribution in [0.3, 0.4) is 0 Å². The van der Waals surface area contributed by atoms with Crippen LogP contribution in [0, 0.1) is 17.0 Å². The highest BCUT2D eigenvalue weighted by molar-refractivity contribution is 5.51. The molecule has 0 aromatic heterocycles. The molecule has 0 amide bonds. The predicted octanol–water partition coefficient (Wildman–Crippen LogP) is 1.81. The summed E-state index contributed by atoms with van der Waals surface area (Å²) in [7, 11) is 0. The topological polar surface area (TPSA) is 50.8 Å². The van der Waals surface area contributed by atoms with Crippen molar-refractivity contribution in [2.75, 3.05) is 31.1 Å². The van der Waals surface area contributed by atoms with Crippen LogP contribution < -0.4 is 9.80 Å². The van der Waals surface area contributed by atoms with Crippen LogP contribution in [0.4, 0.5) is 11.4 Å². The van der Waals surface area contributed by atoms with Crippen LogP contribution in [0.2, 0.25) is 0 Å². The molecule has 3 rings (SSSR count). The molecule has 1 saturated heterocycles. The van der Waals surface area contributed by atoms with Gasteiger partial charge in [0.15, 0.2) is 0 Å². The maximum atomic E-state index is 10.7. The first-order valence-corrected chi connectivity index (χ1v) is 8.01. The molecule has 0 unspecified atom stereocenters. The molecular weight excluding hydrogens is 290 g/mol. The SMILES string of the molecule is Cc1ccccc1C[NH+]1CCN(c2ccc([N+](=O)[O-])cc2)CC1. The lowest BCUT2D eigenvalue weighted by molar-refractivity contribution is -0.914. The summed E-state index contributed by atoms with van der Waals surface area (Å²) in [5.41, 5.74) is 4.01. The normalized spacial score (nSPS) is 15.6. The Bertz CT molecular complexity index is 677. The number of rotatable bonds is 4. The molecule has 5 heteroatoms. The number of aryl methyl sites for hydroxylation is 1. The molecule has 1 aliphatic rings. The van der Waals surface area contributed by atoms with E-state index in [0.717, 1.165) is 38.4 Å². The Morgan fingerprint density at radius 2 is 1.74 bits per heavy atom. The molecule has 0 saturated carbocycles. The van der Waals surface area contributed by atoms with E-state index < -0.39 is 0 Å². The highest BCUT2D eigenvalue weighted by Crippen LogP contribution is 2.19. The number of anilines is 1. The number of nitro benzene ring substituents is 1. The second-order valence-electron chi connectivity index (χ2n) is 6.11. The van der Waals surface area contributed by atoms with Gasteiger partial charge in [-0.3, -0.25) is 10.1 Å². The maximum Gasteiger partial charge on any atom is 0.269 e. The first-order valence-electron chi connectivity index (χ1n) is 8.01. The van der Waals surface area contributed by atoms with E-state index in [9.17, 15) is 10.1 Å². The van der Waals surface area contributed by atoms with Crippen molar-refractivity contribution in [1.82, 2.24) is 0 Å². The Balaban J connectivity index is 1.58. The number of nitrogens with zero attached hydrogens (tertiary/aromatic N) is 2. The maximum absolute atomic E-state index is 10.7. The lowest BCUT2D eigenvalue weighted by atomic mass is 10.1. The molecule has 5 nitrogen and oxygen atoms in total. The van der Waals surface area contributed by atoms with Crippen molar-refractivity contribution in [2.24, 2.45) is 0 Å². The molecule has 2 aromatic carbocycles. The van der Waals surface area contributed by atoms with Gasteiger partial charge < -0.3 is 9.80 Å². The fourth-order valence-corrected chi connectivity index (χ4v) is 3.12. The molecule has 120 valence electrons. The number of quaternary nitrogens is 1. The van der Waals surface area contributed by atoms with Crippen molar-refractivity contribution in [1.29, 1.82) is 0 Å². The summed E-state index contributed by atoms with van der Waals surface area (Å²) in [6.45, 7) is 7.39. The molecule has 0 atom stereocenters. The number of benzene rings is 2. The zero-order chi connectivity index (χ0) is 16.2. The van der Waals surface area contributed by atoms with E-state index in [2.05, 4.69) is 36.1 Å². The van der Waals surface area contributed by atoms with Gasteiger partial charge >= 0.3 is 0 Å². The largest absolute Gasteiger partial charge is 0.360 e. The molecule has 1 aliphatic heterocycles. The number of non-ortho nitro benzene ring substituents is 1. The van der Waals surface area contributed by atoms with E-state index in [0.29, 0.717) is 0 Å². The van der Waals surface area contributed by atoms with E-state index in [4.69, 9.17) is 0 Å². The standard InChI is InChI=1S/C18H21N3O2/c1-15-4-2-3-5-16(15)14-19-10-12-20(13-11-19)17-6-8-18(9-7-17)21(22)23/h2-9H,10-14H2,1H3/p+1. The third-order valence-electron chi connectivity index (χ3n) is 4.60. The Kier molecular flexibility index (Phi) is 4.57. The van der Waals surface area contributed by atoms with Gasteiger partial charge in [0, 0.05) is 23.4 Å².